The number of guanidine groups is 1. The molecule has 2 N–H and O–H groups in total. The van der Waals surface area contributed by atoms with Crippen LogP contribution in [0.5, 0.6) is 0 Å². The highest BCUT2D eigenvalue weighted by atomic mass is 15.2. The Balaban J connectivity index is 1.52. The first-order valence-corrected chi connectivity index (χ1v) is 15.8. The number of nitrogens with one attached hydrogen (secondary N) is 2. The van der Waals surface area contributed by atoms with Crippen molar-refractivity contribution < 1.29 is 0 Å². The topological polar surface area (TPSA) is 36.4 Å². The number of fused-ring (bicyclic) bond motifs is 7. The van der Waals surface area contributed by atoms with Crippen molar-refractivity contribution in [2.75, 3.05) is 0 Å². The first kappa shape index (κ1) is 28.4. The molecular formula is C42H37N3. The zero-order valence-electron chi connectivity index (χ0n) is 25.6. The summed E-state index contributed by atoms with van der Waals surface area (Å²) in [7, 11) is 0. The summed E-state index contributed by atoms with van der Waals surface area (Å²) in [4.78, 5) is 5.24. The van der Waals surface area contributed by atoms with E-state index in [-0.39, 0.29) is 0 Å². The second-order valence-electron chi connectivity index (χ2n) is 11.5. The molecule has 0 radical (unpaired) electrons. The average molecular weight is 584 g/mol. The van der Waals surface area contributed by atoms with Crippen LogP contribution in [0.15, 0.2) is 151 Å². The molecule has 0 amide bonds. The molecule has 1 aliphatic heterocycles. The van der Waals surface area contributed by atoms with Gasteiger partial charge in [-0.15, -0.1) is 0 Å². The van der Waals surface area contributed by atoms with Gasteiger partial charge in [0.25, 0.3) is 0 Å². The Morgan fingerprint density at radius 3 is 2.09 bits per heavy atom. The molecule has 0 bridgehead atoms. The summed E-state index contributed by atoms with van der Waals surface area (Å²) in [6, 6.07) is 43.7. The van der Waals surface area contributed by atoms with E-state index < -0.39 is 0 Å². The molecule has 3 heteroatoms. The first-order valence-electron chi connectivity index (χ1n) is 15.8. The van der Waals surface area contributed by atoms with Crippen LogP contribution in [-0.4, -0.2) is 5.96 Å². The summed E-state index contributed by atoms with van der Waals surface area (Å²) in [5, 5.41) is 12.4. The summed E-state index contributed by atoms with van der Waals surface area (Å²) >= 11 is 0. The summed E-state index contributed by atoms with van der Waals surface area (Å²) < 4.78 is 0. The number of benzene rings is 6. The molecule has 0 aliphatic carbocycles. The number of allylic oxidation sites excluding steroid dienone is 4. The van der Waals surface area contributed by atoms with Gasteiger partial charge < -0.3 is 10.6 Å². The van der Waals surface area contributed by atoms with Gasteiger partial charge in [-0.1, -0.05) is 140 Å². The molecule has 0 saturated carbocycles. The maximum absolute atomic E-state index is 5.24. The second-order valence-corrected chi connectivity index (χ2v) is 11.5. The Morgan fingerprint density at radius 1 is 0.711 bits per heavy atom. The van der Waals surface area contributed by atoms with Gasteiger partial charge in [0.15, 0.2) is 5.96 Å². The van der Waals surface area contributed by atoms with Crippen LogP contribution in [0.1, 0.15) is 29.2 Å². The van der Waals surface area contributed by atoms with Gasteiger partial charge in [0.05, 0.1) is 6.54 Å². The minimum atomic E-state index is 0.549. The van der Waals surface area contributed by atoms with Crippen LogP contribution in [0.4, 0.5) is 0 Å². The fourth-order valence-electron chi connectivity index (χ4n) is 6.50. The lowest BCUT2D eigenvalue weighted by atomic mass is 9.81. The summed E-state index contributed by atoms with van der Waals surface area (Å²) in [6.07, 6.45) is 9.42. The van der Waals surface area contributed by atoms with Crippen LogP contribution in [0.2, 0.25) is 0 Å². The van der Waals surface area contributed by atoms with Crippen LogP contribution in [0, 0.1) is 0 Å². The number of nitrogens with zero attached hydrogens (tertiary/aromatic N) is 1. The Hall–Kier alpha value is -5.41. The van der Waals surface area contributed by atoms with Gasteiger partial charge in [-0.05, 0) is 85.5 Å². The lowest BCUT2D eigenvalue weighted by Gasteiger charge is -2.23. The Labute approximate surface area is 265 Å². The van der Waals surface area contributed by atoms with Gasteiger partial charge in [-0.2, -0.15) is 0 Å². The van der Waals surface area contributed by atoms with E-state index in [4.69, 9.17) is 4.99 Å². The van der Waals surface area contributed by atoms with Gasteiger partial charge in [-0.3, -0.25) is 0 Å². The molecule has 6 aromatic rings. The highest BCUT2D eigenvalue weighted by molar-refractivity contribution is 6.10. The predicted molar refractivity (Wildman–Crippen MR) is 191 cm³/mol. The maximum atomic E-state index is 5.24. The molecule has 0 spiro atoms. The highest BCUT2D eigenvalue weighted by Gasteiger charge is 2.24. The molecule has 0 atom stereocenters. The third kappa shape index (κ3) is 5.90. The van der Waals surface area contributed by atoms with Crippen LogP contribution in [-0.2, 0) is 26.1 Å². The van der Waals surface area contributed by atoms with Gasteiger partial charge in [0.2, 0.25) is 0 Å². The third-order valence-electron chi connectivity index (χ3n) is 8.65. The van der Waals surface area contributed by atoms with Gasteiger partial charge >= 0.3 is 0 Å². The van der Waals surface area contributed by atoms with E-state index in [0.717, 1.165) is 12.4 Å². The van der Waals surface area contributed by atoms with E-state index in [9.17, 15) is 0 Å². The first-order chi connectivity index (χ1) is 22.3. The Bertz CT molecular complexity index is 2050. The van der Waals surface area contributed by atoms with Crippen molar-refractivity contribution in [3.8, 4) is 22.3 Å². The molecule has 220 valence electrons. The van der Waals surface area contributed by atoms with E-state index in [1.165, 1.54) is 66.1 Å². The largest absolute Gasteiger partial charge is 0.352 e. The molecule has 0 unspecified atom stereocenters. The van der Waals surface area contributed by atoms with Crippen LogP contribution >= 0.6 is 0 Å². The normalized spacial score (nSPS) is 13.1. The summed E-state index contributed by atoms with van der Waals surface area (Å²) in [5.74, 6) is 0.813. The van der Waals surface area contributed by atoms with Crippen LogP contribution < -0.4 is 10.6 Å². The van der Waals surface area contributed by atoms with Gasteiger partial charge in [-0.25, -0.2) is 4.99 Å². The Kier molecular flexibility index (Phi) is 8.24. The summed E-state index contributed by atoms with van der Waals surface area (Å²) in [6.45, 7) is 3.97. The van der Waals surface area contributed by atoms with E-state index in [0.29, 0.717) is 19.6 Å². The smallest absolute Gasteiger partial charge is 0.192 e. The van der Waals surface area contributed by atoms with Crippen LogP contribution in [0.25, 0.3) is 43.8 Å². The van der Waals surface area contributed by atoms with Gasteiger partial charge in [0, 0.05) is 13.1 Å². The standard InChI is InChI=1S/C42H37N3/c1-2-3-4-9-20-33-25-32-21-12-14-23-35(32)40-38(33)28-44-42(43-27-30-16-7-5-8-17-30)45-29-39-37(31-18-10-6-11-19-31)26-34-22-13-15-24-36(34)41(39)40/h2-19,21-26H,20,27-29H2,1H3,(H2,43,44,45)/b3-2-,9-4-. The number of hydrogen-bond donors (Lipinski definition) is 2. The molecule has 1 heterocycles. The molecular weight excluding hydrogens is 546 g/mol. The van der Waals surface area contributed by atoms with Crippen molar-refractivity contribution in [1.29, 1.82) is 0 Å². The van der Waals surface area contributed by atoms with Crippen molar-refractivity contribution in [3.63, 3.8) is 0 Å². The zero-order chi connectivity index (χ0) is 30.4. The quantitative estimate of drug-likeness (QED) is 0.192. The average Bonchev–Trinajstić information content (AvgIpc) is 3.18. The minimum Gasteiger partial charge on any atom is -0.352 e. The second kappa shape index (κ2) is 13.1. The van der Waals surface area contributed by atoms with Crippen molar-refractivity contribution in [3.05, 3.63) is 168 Å². The molecule has 7 rings (SSSR count). The lowest BCUT2D eigenvalue weighted by Crippen LogP contribution is -2.36. The molecule has 6 aromatic carbocycles. The maximum Gasteiger partial charge on any atom is 0.192 e. The van der Waals surface area contributed by atoms with Gasteiger partial charge in [0.1, 0.15) is 0 Å². The molecule has 0 fully saturated rings. The Morgan fingerprint density at radius 2 is 1.36 bits per heavy atom. The molecule has 1 aliphatic rings. The SMILES string of the molecule is C/C=C\C=C/Cc1cc2ccccc2c2c1CNC(NCc1ccccc1)=NCc1c(-c3ccccc3)cc3ccccc3c1-2. The lowest BCUT2D eigenvalue weighted by molar-refractivity contribution is 0.798. The fraction of sp³-hybridized carbons (Fsp3) is 0.119. The molecule has 0 saturated heterocycles. The number of aliphatic imine (C=N–C) groups is 1. The zero-order valence-corrected chi connectivity index (χ0v) is 25.6. The predicted octanol–water partition coefficient (Wildman–Crippen LogP) is 9.75. The van der Waals surface area contributed by atoms with Crippen molar-refractivity contribution >= 4 is 27.5 Å². The fourth-order valence-corrected chi connectivity index (χ4v) is 6.50. The highest BCUT2D eigenvalue weighted by Crippen LogP contribution is 2.45. The number of rotatable bonds is 6. The van der Waals surface area contributed by atoms with E-state index in [2.05, 4.69) is 163 Å². The molecule has 45 heavy (non-hydrogen) atoms. The monoisotopic (exact) mass is 583 g/mol. The summed E-state index contributed by atoms with van der Waals surface area (Å²) in [5.41, 5.74) is 10.1. The third-order valence-corrected chi connectivity index (χ3v) is 8.65. The molecule has 3 nitrogen and oxygen atoms in total. The van der Waals surface area contributed by atoms with E-state index in [1.807, 2.05) is 0 Å². The van der Waals surface area contributed by atoms with Crippen molar-refractivity contribution in [1.82, 2.24) is 10.6 Å². The minimum absolute atomic E-state index is 0.549. The van der Waals surface area contributed by atoms with E-state index in [1.54, 1.807) is 0 Å². The van der Waals surface area contributed by atoms with Crippen molar-refractivity contribution in [2.45, 2.75) is 33.0 Å². The number of hydrogen-bond acceptors (Lipinski definition) is 3. The molecule has 0 aromatic heterocycles. The van der Waals surface area contributed by atoms with Crippen molar-refractivity contribution in [2.24, 2.45) is 4.99 Å². The van der Waals surface area contributed by atoms with Crippen LogP contribution in [0.3, 0.4) is 0 Å². The van der Waals surface area contributed by atoms with E-state index >= 15 is 0 Å².